The molecule has 0 aliphatic carbocycles. The SMILES string of the molecule is CN1CC(n2c(CCl)nc3cccnc32)CCC1=O. The topological polar surface area (TPSA) is 51.0 Å². The van der Waals surface area contributed by atoms with Crippen molar-refractivity contribution in [3.63, 3.8) is 0 Å². The number of halogens is 1. The largest absolute Gasteiger partial charge is 0.344 e. The second-order valence-corrected chi connectivity index (χ2v) is 5.11. The molecular weight excluding hydrogens is 264 g/mol. The van der Waals surface area contributed by atoms with Gasteiger partial charge in [0.2, 0.25) is 5.91 Å². The Kier molecular flexibility index (Phi) is 3.14. The summed E-state index contributed by atoms with van der Waals surface area (Å²) in [4.78, 5) is 22.3. The Morgan fingerprint density at radius 3 is 3.11 bits per heavy atom. The Bertz CT molecular complexity index is 624. The number of pyridine rings is 1. The van der Waals surface area contributed by atoms with Gasteiger partial charge in [0.25, 0.3) is 0 Å². The summed E-state index contributed by atoms with van der Waals surface area (Å²) in [5.41, 5.74) is 1.71. The third-order valence-electron chi connectivity index (χ3n) is 3.61. The van der Waals surface area contributed by atoms with Gasteiger partial charge in [-0.2, -0.15) is 0 Å². The molecule has 1 saturated heterocycles. The van der Waals surface area contributed by atoms with Crippen molar-refractivity contribution in [1.29, 1.82) is 0 Å². The van der Waals surface area contributed by atoms with E-state index >= 15 is 0 Å². The maximum absolute atomic E-state index is 11.6. The zero-order valence-electron chi connectivity index (χ0n) is 10.7. The van der Waals surface area contributed by atoms with Crippen molar-refractivity contribution in [3.05, 3.63) is 24.2 Å². The minimum Gasteiger partial charge on any atom is -0.344 e. The summed E-state index contributed by atoms with van der Waals surface area (Å²) < 4.78 is 2.09. The number of likely N-dealkylation sites (N-methyl/N-ethyl adjacent to an activating group) is 1. The Hall–Kier alpha value is -1.62. The number of fused-ring (bicyclic) bond motifs is 1. The number of likely N-dealkylation sites (tertiary alicyclic amines) is 1. The number of aromatic nitrogens is 3. The van der Waals surface area contributed by atoms with Crippen molar-refractivity contribution in [2.75, 3.05) is 13.6 Å². The monoisotopic (exact) mass is 278 g/mol. The van der Waals surface area contributed by atoms with E-state index in [9.17, 15) is 4.79 Å². The van der Waals surface area contributed by atoms with Gasteiger partial charge in [-0.1, -0.05) is 0 Å². The van der Waals surface area contributed by atoms with Gasteiger partial charge >= 0.3 is 0 Å². The second-order valence-electron chi connectivity index (χ2n) is 4.84. The second kappa shape index (κ2) is 4.81. The zero-order valence-corrected chi connectivity index (χ0v) is 11.5. The quantitative estimate of drug-likeness (QED) is 0.789. The number of carbonyl (C=O) groups is 1. The van der Waals surface area contributed by atoms with Crippen LogP contribution in [0.1, 0.15) is 24.7 Å². The number of carbonyl (C=O) groups excluding carboxylic acids is 1. The molecule has 1 aliphatic heterocycles. The third-order valence-corrected chi connectivity index (χ3v) is 3.85. The van der Waals surface area contributed by atoms with Gasteiger partial charge in [0.05, 0.1) is 11.9 Å². The van der Waals surface area contributed by atoms with Gasteiger partial charge in [-0.15, -0.1) is 11.6 Å². The maximum atomic E-state index is 11.6. The summed E-state index contributed by atoms with van der Waals surface area (Å²) in [6.07, 6.45) is 3.14. The van der Waals surface area contributed by atoms with Crippen molar-refractivity contribution in [1.82, 2.24) is 19.4 Å². The van der Waals surface area contributed by atoms with E-state index in [2.05, 4.69) is 14.5 Å². The van der Waals surface area contributed by atoms with Gasteiger partial charge < -0.3 is 9.47 Å². The van der Waals surface area contributed by atoms with E-state index in [0.29, 0.717) is 18.8 Å². The van der Waals surface area contributed by atoms with Crippen molar-refractivity contribution >= 4 is 28.7 Å². The van der Waals surface area contributed by atoms with E-state index in [0.717, 1.165) is 23.4 Å². The molecule has 0 radical (unpaired) electrons. The van der Waals surface area contributed by atoms with E-state index in [1.54, 1.807) is 11.1 Å². The van der Waals surface area contributed by atoms with Gasteiger partial charge in [0, 0.05) is 26.2 Å². The average molecular weight is 279 g/mol. The molecule has 1 fully saturated rings. The molecule has 0 saturated carbocycles. The van der Waals surface area contributed by atoms with Crippen LogP contribution >= 0.6 is 11.6 Å². The molecule has 19 heavy (non-hydrogen) atoms. The molecule has 3 heterocycles. The first-order chi connectivity index (χ1) is 9.20. The first-order valence-electron chi connectivity index (χ1n) is 6.32. The fourth-order valence-corrected chi connectivity index (χ4v) is 2.84. The number of hydrogen-bond acceptors (Lipinski definition) is 3. The number of rotatable bonds is 2. The van der Waals surface area contributed by atoms with Crippen LogP contribution in [0.5, 0.6) is 0 Å². The summed E-state index contributed by atoms with van der Waals surface area (Å²) >= 11 is 6.00. The van der Waals surface area contributed by atoms with Crippen molar-refractivity contribution < 1.29 is 4.79 Å². The minimum atomic E-state index is 0.195. The predicted octanol–water partition coefficient (Wildman–Crippen LogP) is 1.96. The lowest BCUT2D eigenvalue weighted by Gasteiger charge is -2.31. The van der Waals surface area contributed by atoms with Crippen molar-refractivity contribution in [2.24, 2.45) is 0 Å². The van der Waals surface area contributed by atoms with Crippen molar-refractivity contribution in [3.8, 4) is 0 Å². The molecule has 1 aliphatic rings. The van der Waals surface area contributed by atoms with Crippen LogP contribution in [-0.4, -0.2) is 38.9 Å². The number of piperidine rings is 1. The van der Waals surface area contributed by atoms with E-state index in [4.69, 9.17) is 11.6 Å². The van der Waals surface area contributed by atoms with Gasteiger partial charge in [-0.25, -0.2) is 9.97 Å². The Balaban J connectivity index is 2.06. The van der Waals surface area contributed by atoms with Gasteiger partial charge in [0.15, 0.2) is 5.65 Å². The van der Waals surface area contributed by atoms with E-state index in [-0.39, 0.29) is 11.9 Å². The molecular formula is C13H15ClN4O. The summed E-state index contributed by atoms with van der Waals surface area (Å²) in [5, 5.41) is 0. The van der Waals surface area contributed by atoms with Gasteiger partial charge in [-0.05, 0) is 18.6 Å². The lowest BCUT2D eigenvalue weighted by atomic mass is 10.1. The number of nitrogens with zero attached hydrogens (tertiary/aromatic N) is 4. The smallest absolute Gasteiger partial charge is 0.222 e. The molecule has 2 aromatic rings. The van der Waals surface area contributed by atoms with Crippen LogP contribution in [0.2, 0.25) is 0 Å². The highest BCUT2D eigenvalue weighted by molar-refractivity contribution is 6.16. The Labute approximate surface area is 116 Å². The van der Waals surface area contributed by atoms with Crippen LogP contribution in [0.3, 0.4) is 0 Å². The van der Waals surface area contributed by atoms with Crippen LogP contribution in [0.4, 0.5) is 0 Å². The van der Waals surface area contributed by atoms with Crippen LogP contribution < -0.4 is 0 Å². The lowest BCUT2D eigenvalue weighted by Crippen LogP contribution is -2.38. The van der Waals surface area contributed by atoms with E-state index in [1.165, 1.54) is 0 Å². The zero-order chi connectivity index (χ0) is 13.4. The summed E-state index contributed by atoms with van der Waals surface area (Å²) in [7, 11) is 1.83. The van der Waals surface area contributed by atoms with E-state index in [1.807, 2.05) is 19.2 Å². The van der Waals surface area contributed by atoms with Crippen LogP contribution in [0.25, 0.3) is 11.2 Å². The molecule has 0 bridgehead atoms. The lowest BCUT2D eigenvalue weighted by molar-refractivity contribution is -0.132. The highest BCUT2D eigenvalue weighted by Crippen LogP contribution is 2.27. The minimum absolute atomic E-state index is 0.195. The molecule has 0 spiro atoms. The standard InChI is InChI=1S/C13H15ClN4O/c1-17-8-9(4-5-12(17)19)18-11(7-14)16-10-3-2-6-15-13(10)18/h2-3,6,9H,4-5,7-8H2,1H3. The molecule has 1 unspecified atom stereocenters. The fourth-order valence-electron chi connectivity index (χ4n) is 2.66. The van der Waals surface area contributed by atoms with E-state index < -0.39 is 0 Å². The van der Waals surface area contributed by atoms with Crippen LogP contribution in [0, 0.1) is 0 Å². The fraction of sp³-hybridized carbons (Fsp3) is 0.462. The highest BCUT2D eigenvalue weighted by atomic mass is 35.5. The third kappa shape index (κ3) is 2.08. The van der Waals surface area contributed by atoms with Crippen LogP contribution in [0.15, 0.2) is 18.3 Å². The number of hydrogen-bond donors (Lipinski definition) is 0. The first kappa shape index (κ1) is 12.4. The predicted molar refractivity (Wildman–Crippen MR) is 73.0 cm³/mol. The molecule has 1 amide bonds. The number of amides is 1. The van der Waals surface area contributed by atoms with Crippen LogP contribution in [-0.2, 0) is 10.7 Å². The maximum Gasteiger partial charge on any atom is 0.222 e. The molecule has 1 atom stereocenters. The number of imidazole rings is 1. The molecule has 0 N–H and O–H groups in total. The van der Waals surface area contributed by atoms with Crippen molar-refractivity contribution in [2.45, 2.75) is 24.8 Å². The molecule has 3 rings (SSSR count). The number of alkyl halides is 1. The van der Waals surface area contributed by atoms with Gasteiger partial charge in [-0.3, -0.25) is 4.79 Å². The normalized spacial score (nSPS) is 20.2. The molecule has 5 nitrogen and oxygen atoms in total. The summed E-state index contributed by atoms with van der Waals surface area (Å²) in [5.74, 6) is 1.37. The average Bonchev–Trinajstić information content (AvgIpc) is 2.80. The first-order valence-corrected chi connectivity index (χ1v) is 6.86. The molecule has 6 heteroatoms. The molecule has 2 aromatic heterocycles. The summed E-state index contributed by atoms with van der Waals surface area (Å²) in [6, 6.07) is 4.01. The molecule has 100 valence electrons. The van der Waals surface area contributed by atoms with Gasteiger partial charge in [0.1, 0.15) is 11.3 Å². The Morgan fingerprint density at radius 2 is 2.37 bits per heavy atom. The Morgan fingerprint density at radius 1 is 1.53 bits per heavy atom. The highest BCUT2D eigenvalue weighted by Gasteiger charge is 2.27. The summed E-state index contributed by atoms with van der Waals surface area (Å²) in [6.45, 7) is 0.685. The molecule has 0 aromatic carbocycles.